The van der Waals surface area contributed by atoms with Gasteiger partial charge >= 0.3 is 0 Å². The van der Waals surface area contributed by atoms with Crippen LogP contribution in [0.5, 0.6) is 0 Å². The molecule has 3 aromatic rings. The number of nitrogens with one attached hydrogen (secondary N) is 1. The molecule has 1 heterocycles. The normalized spacial score (nSPS) is 15.8. The zero-order valence-corrected chi connectivity index (χ0v) is 18.0. The van der Waals surface area contributed by atoms with Crippen molar-refractivity contribution in [1.29, 1.82) is 0 Å². The standard InChI is InChI=1S/C24H22FN3O2S/c1-27(2)18-11-13-19(14-12-18)28-22(29)15-31-24(28)16-7-9-17(10-8-16)26-23(30)20-5-3-4-6-21(20)25/h3-14,24H,15H2,1-2H3,(H,26,30)/t24-/m0/s1. The van der Waals surface area contributed by atoms with Gasteiger partial charge in [0.2, 0.25) is 5.91 Å². The third kappa shape index (κ3) is 4.41. The number of benzene rings is 3. The van der Waals surface area contributed by atoms with E-state index in [1.807, 2.05) is 55.4 Å². The molecule has 0 aliphatic carbocycles. The van der Waals surface area contributed by atoms with E-state index in [0.717, 1.165) is 16.9 Å². The van der Waals surface area contributed by atoms with E-state index in [1.54, 1.807) is 40.9 Å². The van der Waals surface area contributed by atoms with Gasteiger partial charge < -0.3 is 10.2 Å². The second kappa shape index (κ2) is 8.81. The number of hydrogen-bond donors (Lipinski definition) is 1. The van der Waals surface area contributed by atoms with Crippen LogP contribution >= 0.6 is 11.8 Å². The lowest BCUT2D eigenvalue weighted by Gasteiger charge is -2.25. The molecule has 5 nitrogen and oxygen atoms in total. The molecule has 7 heteroatoms. The first-order valence-corrected chi connectivity index (χ1v) is 10.9. The maximum atomic E-state index is 13.8. The minimum absolute atomic E-state index is 0.00383. The first-order chi connectivity index (χ1) is 14.9. The van der Waals surface area contributed by atoms with Crippen LogP contribution in [-0.2, 0) is 4.79 Å². The molecule has 0 unspecified atom stereocenters. The van der Waals surface area contributed by atoms with Gasteiger partial charge in [-0.1, -0.05) is 24.3 Å². The Bertz CT molecular complexity index is 1100. The molecule has 1 saturated heterocycles. The van der Waals surface area contributed by atoms with Crippen molar-refractivity contribution < 1.29 is 14.0 Å². The highest BCUT2D eigenvalue weighted by molar-refractivity contribution is 8.00. The number of anilines is 3. The van der Waals surface area contributed by atoms with E-state index in [4.69, 9.17) is 0 Å². The Hall–Kier alpha value is -3.32. The van der Waals surface area contributed by atoms with Crippen molar-refractivity contribution >= 4 is 40.6 Å². The third-order valence-corrected chi connectivity index (χ3v) is 6.30. The van der Waals surface area contributed by atoms with Gasteiger partial charge in [0.25, 0.3) is 5.91 Å². The molecule has 1 N–H and O–H groups in total. The molecule has 0 spiro atoms. The molecule has 1 aliphatic heterocycles. The van der Waals surface area contributed by atoms with E-state index in [9.17, 15) is 14.0 Å². The lowest BCUT2D eigenvalue weighted by molar-refractivity contribution is -0.115. The van der Waals surface area contributed by atoms with Crippen molar-refractivity contribution in [2.45, 2.75) is 5.37 Å². The highest BCUT2D eigenvalue weighted by Gasteiger charge is 2.34. The average molecular weight is 436 g/mol. The molecule has 0 bridgehead atoms. The van der Waals surface area contributed by atoms with Crippen molar-refractivity contribution in [3.8, 4) is 0 Å². The quantitative estimate of drug-likeness (QED) is 0.618. The smallest absolute Gasteiger partial charge is 0.258 e. The molecule has 31 heavy (non-hydrogen) atoms. The van der Waals surface area contributed by atoms with Crippen LogP contribution in [0.4, 0.5) is 21.5 Å². The van der Waals surface area contributed by atoms with E-state index < -0.39 is 11.7 Å². The Balaban J connectivity index is 1.51. The number of rotatable bonds is 5. The number of thioether (sulfide) groups is 1. The first kappa shape index (κ1) is 20.9. The lowest BCUT2D eigenvalue weighted by atomic mass is 10.1. The molecule has 1 fully saturated rings. The topological polar surface area (TPSA) is 52.6 Å². The van der Waals surface area contributed by atoms with Crippen LogP contribution in [-0.4, -0.2) is 31.7 Å². The van der Waals surface area contributed by atoms with Gasteiger partial charge in [0.15, 0.2) is 0 Å². The van der Waals surface area contributed by atoms with Gasteiger partial charge in [-0.15, -0.1) is 11.8 Å². The number of halogens is 1. The van der Waals surface area contributed by atoms with Crippen LogP contribution in [0.25, 0.3) is 0 Å². The van der Waals surface area contributed by atoms with E-state index in [0.29, 0.717) is 11.4 Å². The Morgan fingerprint density at radius 1 is 1.03 bits per heavy atom. The minimum atomic E-state index is -0.562. The zero-order chi connectivity index (χ0) is 22.0. The SMILES string of the molecule is CN(C)c1ccc(N2C(=O)CS[C@H]2c2ccc(NC(=O)c3ccccc3F)cc2)cc1. The Labute approximate surface area is 184 Å². The Morgan fingerprint density at radius 3 is 2.35 bits per heavy atom. The summed E-state index contributed by atoms with van der Waals surface area (Å²) in [4.78, 5) is 28.7. The molecule has 0 aromatic heterocycles. The Kier molecular flexibility index (Phi) is 5.95. The van der Waals surface area contributed by atoms with Gasteiger partial charge in [-0.3, -0.25) is 14.5 Å². The molecule has 0 saturated carbocycles. The van der Waals surface area contributed by atoms with Gasteiger partial charge in [-0.05, 0) is 54.1 Å². The number of nitrogens with zero attached hydrogens (tertiary/aromatic N) is 2. The maximum absolute atomic E-state index is 13.8. The van der Waals surface area contributed by atoms with Crippen molar-refractivity contribution in [3.63, 3.8) is 0 Å². The summed E-state index contributed by atoms with van der Waals surface area (Å²) in [5.74, 6) is -0.594. The predicted octanol–water partition coefficient (Wildman–Crippen LogP) is 4.92. The maximum Gasteiger partial charge on any atom is 0.258 e. The van der Waals surface area contributed by atoms with Crippen molar-refractivity contribution in [2.75, 3.05) is 35.0 Å². The molecule has 3 aromatic carbocycles. The van der Waals surface area contributed by atoms with E-state index in [1.165, 1.54) is 12.1 Å². The second-order valence-electron chi connectivity index (χ2n) is 7.39. The Morgan fingerprint density at radius 2 is 1.71 bits per heavy atom. The number of amides is 2. The monoisotopic (exact) mass is 435 g/mol. The van der Waals surface area contributed by atoms with Gasteiger partial charge in [0.1, 0.15) is 11.2 Å². The summed E-state index contributed by atoms with van der Waals surface area (Å²) in [5.41, 5.74) is 3.43. The van der Waals surface area contributed by atoms with E-state index in [-0.39, 0.29) is 16.8 Å². The summed E-state index contributed by atoms with van der Waals surface area (Å²) >= 11 is 1.56. The van der Waals surface area contributed by atoms with Crippen LogP contribution in [0.1, 0.15) is 21.3 Å². The summed E-state index contributed by atoms with van der Waals surface area (Å²) in [7, 11) is 3.95. The largest absolute Gasteiger partial charge is 0.378 e. The molecule has 1 atom stereocenters. The molecule has 1 aliphatic rings. The number of hydrogen-bond acceptors (Lipinski definition) is 4. The summed E-state index contributed by atoms with van der Waals surface area (Å²) < 4.78 is 13.8. The van der Waals surface area contributed by atoms with E-state index in [2.05, 4.69) is 5.32 Å². The molecule has 0 radical (unpaired) electrons. The van der Waals surface area contributed by atoms with Crippen molar-refractivity contribution in [1.82, 2.24) is 0 Å². The first-order valence-electron chi connectivity index (χ1n) is 9.81. The van der Waals surface area contributed by atoms with E-state index >= 15 is 0 Å². The average Bonchev–Trinajstić information content (AvgIpc) is 3.16. The number of carbonyl (C=O) groups excluding carboxylic acids is 2. The third-order valence-electron chi connectivity index (χ3n) is 5.08. The molecule has 158 valence electrons. The van der Waals surface area contributed by atoms with Gasteiger partial charge in [-0.25, -0.2) is 4.39 Å². The fourth-order valence-electron chi connectivity index (χ4n) is 3.44. The van der Waals surface area contributed by atoms with Crippen LogP contribution < -0.4 is 15.1 Å². The van der Waals surface area contributed by atoms with Crippen LogP contribution in [0.2, 0.25) is 0 Å². The van der Waals surface area contributed by atoms with Crippen molar-refractivity contribution in [3.05, 3.63) is 89.7 Å². The molecular formula is C24H22FN3O2S. The fourth-order valence-corrected chi connectivity index (χ4v) is 4.61. The van der Waals surface area contributed by atoms with Crippen LogP contribution in [0, 0.1) is 5.82 Å². The highest BCUT2D eigenvalue weighted by Crippen LogP contribution is 2.42. The molecule has 4 rings (SSSR count). The summed E-state index contributed by atoms with van der Waals surface area (Å²) in [5, 5.41) is 2.57. The molecule has 2 amide bonds. The fraction of sp³-hybridized carbons (Fsp3) is 0.167. The van der Waals surface area contributed by atoms with Gasteiger partial charge in [0.05, 0.1) is 11.3 Å². The summed E-state index contributed by atoms with van der Waals surface area (Å²) in [6.07, 6.45) is 0. The summed E-state index contributed by atoms with van der Waals surface area (Å²) in [6, 6.07) is 21.1. The van der Waals surface area contributed by atoms with Gasteiger partial charge in [-0.2, -0.15) is 0 Å². The summed E-state index contributed by atoms with van der Waals surface area (Å²) in [6.45, 7) is 0. The zero-order valence-electron chi connectivity index (χ0n) is 17.2. The highest BCUT2D eigenvalue weighted by atomic mass is 32.2. The minimum Gasteiger partial charge on any atom is -0.378 e. The van der Waals surface area contributed by atoms with Crippen LogP contribution in [0.3, 0.4) is 0 Å². The second-order valence-corrected chi connectivity index (χ2v) is 8.46. The molecular weight excluding hydrogens is 413 g/mol. The lowest BCUT2D eigenvalue weighted by Crippen LogP contribution is -2.27. The predicted molar refractivity (Wildman–Crippen MR) is 124 cm³/mol. The number of carbonyl (C=O) groups is 2. The van der Waals surface area contributed by atoms with Crippen LogP contribution in [0.15, 0.2) is 72.8 Å². The van der Waals surface area contributed by atoms with Gasteiger partial charge in [0, 0.05) is 31.2 Å². The van der Waals surface area contributed by atoms with Crippen molar-refractivity contribution in [2.24, 2.45) is 0 Å².